The molecule has 2 aliphatic heterocycles. The van der Waals surface area contributed by atoms with E-state index in [0.717, 1.165) is 24.3 Å². The van der Waals surface area contributed by atoms with Crippen molar-refractivity contribution in [3.05, 3.63) is 34.9 Å². The number of rotatable bonds is 4. The van der Waals surface area contributed by atoms with Gasteiger partial charge in [0.25, 0.3) is 0 Å². The second-order valence-corrected chi connectivity index (χ2v) is 6.00. The van der Waals surface area contributed by atoms with Crippen LogP contribution in [-0.4, -0.2) is 24.5 Å². The van der Waals surface area contributed by atoms with E-state index in [1.807, 2.05) is 24.3 Å². The molecule has 0 radical (unpaired) electrons. The van der Waals surface area contributed by atoms with Gasteiger partial charge in [0, 0.05) is 23.7 Å². The van der Waals surface area contributed by atoms with Gasteiger partial charge in [0.2, 0.25) is 5.91 Å². The SMILES string of the molecule is O=C(NCCc1cccc(Cl)c1)C1CC2CCC1N2. The fourth-order valence-corrected chi connectivity index (χ4v) is 3.48. The van der Waals surface area contributed by atoms with Gasteiger partial charge >= 0.3 is 0 Å². The van der Waals surface area contributed by atoms with E-state index < -0.39 is 0 Å². The molecule has 0 spiro atoms. The van der Waals surface area contributed by atoms with Crippen molar-refractivity contribution < 1.29 is 4.79 Å². The molecule has 1 amide bonds. The zero-order chi connectivity index (χ0) is 13.2. The highest BCUT2D eigenvalue weighted by molar-refractivity contribution is 6.30. The Kier molecular flexibility index (Phi) is 3.76. The van der Waals surface area contributed by atoms with Crippen molar-refractivity contribution in [3.8, 4) is 0 Å². The fourth-order valence-electron chi connectivity index (χ4n) is 3.27. The molecule has 3 atom stereocenters. The predicted molar refractivity (Wildman–Crippen MR) is 76.2 cm³/mol. The molecule has 3 rings (SSSR count). The first-order valence-electron chi connectivity index (χ1n) is 7.00. The molecule has 2 saturated heterocycles. The topological polar surface area (TPSA) is 41.1 Å². The lowest BCUT2D eigenvalue weighted by atomic mass is 9.88. The van der Waals surface area contributed by atoms with Crippen LogP contribution in [-0.2, 0) is 11.2 Å². The molecule has 0 aromatic heterocycles. The van der Waals surface area contributed by atoms with Crippen LogP contribution in [0.15, 0.2) is 24.3 Å². The molecular weight excluding hydrogens is 260 g/mol. The third-order valence-electron chi connectivity index (χ3n) is 4.24. The largest absolute Gasteiger partial charge is 0.355 e. The van der Waals surface area contributed by atoms with Gasteiger partial charge in [-0.05, 0) is 43.4 Å². The minimum atomic E-state index is 0.179. The number of benzene rings is 1. The van der Waals surface area contributed by atoms with Crippen molar-refractivity contribution >= 4 is 17.5 Å². The van der Waals surface area contributed by atoms with Crippen LogP contribution in [0.4, 0.5) is 0 Å². The molecule has 2 aliphatic rings. The maximum Gasteiger partial charge on any atom is 0.224 e. The van der Waals surface area contributed by atoms with Gasteiger partial charge in [0.05, 0.1) is 5.92 Å². The molecule has 19 heavy (non-hydrogen) atoms. The molecule has 2 N–H and O–H groups in total. The molecule has 3 unspecified atom stereocenters. The first-order chi connectivity index (χ1) is 9.22. The molecule has 4 heteroatoms. The smallest absolute Gasteiger partial charge is 0.224 e. The first kappa shape index (κ1) is 12.9. The average molecular weight is 279 g/mol. The van der Waals surface area contributed by atoms with Gasteiger partial charge in [0.1, 0.15) is 0 Å². The number of halogens is 1. The predicted octanol–water partition coefficient (Wildman–Crippen LogP) is 2.14. The van der Waals surface area contributed by atoms with Crippen LogP contribution in [0.5, 0.6) is 0 Å². The molecular formula is C15H19ClN2O. The van der Waals surface area contributed by atoms with Crippen molar-refractivity contribution in [2.45, 2.75) is 37.8 Å². The fraction of sp³-hybridized carbons (Fsp3) is 0.533. The Morgan fingerprint density at radius 3 is 3.00 bits per heavy atom. The van der Waals surface area contributed by atoms with Gasteiger partial charge in [-0.3, -0.25) is 4.79 Å². The van der Waals surface area contributed by atoms with Crippen LogP contribution >= 0.6 is 11.6 Å². The molecule has 3 nitrogen and oxygen atoms in total. The Balaban J connectivity index is 1.46. The first-order valence-corrected chi connectivity index (χ1v) is 7.38. The number of hydrogen-bond acceptors (Lipinski definition) is 2. The van der Waals surface area contributed by atoms with Crippen molar-refractivity contribution in [1.82, 2.24) is 10.6 Å². The zero-order valence-electron chi connectivity index (χ0n) is 10.9. The van der Waals surface area contributed by atoms with Gasteiger partial charge in [-0.1, -0.05) is 23.7 Å². The second kappa shape index (κ2) is 5.51. The van der Waals surface area contributed by atoms with Gasteiger partial charge in [-0.25, -0.2) is 0 Å². The number of carbonyl (C=O) groups excluding carboxylic acids is 1. The van der Waals surface area contributed by atoms with E-state index >= 15 is 0 Å². The highest BCUT2D eigenvalue weighted by atomic mass is 35.5. The molecule has 102 valence electrons. The number of fused-ring (bicyclic) bond motifs is 2. The van der Waals surface area contributed by atoms with Crippen LogP contribution in [0.2, 0.25) is 5.02 Å². The summed E-state index contributed by atoms with van der Waals surface area (Å²) in [7, 11) is 0. The van der Waals surface area contributed by atoms with E-state index in [1.54, 1.807) is 0 Å². The van der Waals surface area contributed by atoms with E-state index in [1.165, 1.54) is 12.0 Å². The Bertz CT molecular complexity index is 477. The Labute approximate surface area is 118 Å². The minimum absolute atomic E-state index is 0.179. The number of hydrogen-bond donors (Lipinski definition) is 2. The maximum atomic E-state index is 12.1. The molecule has 2 bridgehead atoms. The molecule has 1 aromatic rings. The molecule has 0 saturated carbocycles. The van der Waals surface area contributed by atoms with Crippen molar-refractivity contribution in [2.24, 2.45) is 5.92 Å². The van der Waals surface area contributed by atoms with Crippen LogP contribution in [0, 0.1) is 5.92 Å². The van der Waals surface area contributed by atoms with Gasteiger partial charge in [-0.15, -0.1) is 0 Å². The number of nitrogens with one attached hydrogen (secondary N) is 2. The van der Waals surface area contributed by atoms with Crippen LogP contribution < -0.4 is 10.6 Å². The molecule has 1 aromatic carbocycles. The summed E-state index contributed by atoms with van der Waals surface area (Å²) >= 11 is 5.94. The summed E-state index contributed by atoms with van der Waals surface area (Å²) in [6.45, 7) is 0.688. The number of amides is 1. The number of carbonyl (C=O) groups is 1. The summed E-state index contributed by atoms with van der Waals surface area (Å²) in [4.78, 5) is 12.1. The minimum Gasteiger partial charge on any atom is -0.355 e. The quantitative estimate of drug-likeness (QED) is 0.886. The van der Waals surface area contributed by atoms with E-state index in [4.69, 9.17) is 11.6 Å². The van der Waals surface area contributed by atoms with E-state index in [9.17, 15) is 4.79 Å². The summed E-state index contributed by atoms with van der Waals surface area (Å²) < 4.78 is 0. The van der Waals surface area contributed by atoms with Crippen LogP contribution in [0.3, 0.4) is 0 Å². The normalized spacial score (nSPS) is 28.6. The van der Waals surface area contributed by atoms with Gasteiger partial charge < -0.3 is 10.6 Å². The van der Waals surface area contributed by atoms with E-state index in [0.29, 0.717) is 18.6 Å². The molecule has 0 aliphatic carbocycles. The molecule has 2 heterocycles. The molecule has 2 fully saturated rings. The second-order valence-electron chi connectivity index (χ2n) is 5.56. The van der Waals surface area contributed by atoms with E-state index in [2.05, 4.69) is 10.6 Å². The summed E-state index contributed by atoms with van der Waals surface area (Å²) in [6.07, 6.45) is 4.22. The monoisotopic (exact) mass is 278 g/mol. The zero-order valence-corrected chi connectivity index (χ0v) is 11.6. The lowest BCUT2D eigenvalue weighted by Crippen LogP contribution is -2.38. The standard InChI is InChI=1S/C15H19ClN2O/c16-11-3-1-2-10(8-11)6-7-17-15(19)13-9-12-4-5-14(13)18-12/h1-3,8,12-14,18H,4-7,9H2,(H,17,19). The van der Waals surface area contributed by atoms with Crippen molar-refractivity contribution in [3.63, 3.8) is 0 Å². The Morgan fingerprint density at radius 2 is 2.32 bits per heavy atom. The van der Waals surface area contributed by atoms with Crippen molar-refractivity contribution in [1.29, 1.82) is 0 Å². The van der Waals surface area contributed by atoms with E-state index in [-0.39, 0.29) is 11.8 Å². The highest BCUT2D eigenvalue weighted by Crippen LogP contribution is 2.33. The third-order valence-corrected chi connectivity index (χ3v) is 4.47. The van der Waals surface area contributed by atoms with Crippen LogP contribution in [0.1, 0.15) is 24.8 Å². The summed E-state index contributed by atoms with van der Waals surface area (Å²) in [5, 5.41) is 7.30. The Hall–Kier alpha value is -1.06. The summed E-state index contributed by atoms with van der Waals surface area (Å²) in [5.74, 6) is 0.389. The van der Waals surface area contributed by atoms with Gasteiger partial charge in [-0.2, -0.15) is 0 Å². The third kappa shape index (κ3) is 2.93. The lowest BCUT2D eigenvalue weighted by Gasteiger charge is -2.19. The lowest BCUT2D eigenvalue weighted by molar-refractivity contribution is -0.125. The Morgan fingerprint density at radius 1 is 1.42 bits per heavy atom. The van der Waals surface area contributed by atoms with Gasteiger partial charge in [0.15, 0.2) is 0 Å². The highest BCUT2D eigenvalue weighted by Gasteiger charge is 2.42. The summed E-state index contributed by atoms with van der Waals surface area (Å²) in [5.41, 5.74) is 1.17. The van der Waals surface area contributed by atoms with Crippen LogP contribution in [0.25, 0.3) is 0 Å². The average Bonchev–Trinajstić information content (AvgIpc) is 3.01. The maximum absolute atomic E-state index is 12.1. The summed E-state index contributed by atoms with van der Waals surface area (Å²) in [6, 6.07) is 8.79. The van der Waals surface area contributed by atoms with Crippen molar-refractivity contribution in [2.75, 3.05) is 6.54 Å².